The van der Waals surface area contributed by atoms with Gasteiger partial charge in [-0.3, -0.25) is 0 Å². The van der Waals surface area contributed by atoms with E-state index in [0.717, 1.165) is 13.0 Å². The summed E-state index contributed by atoms with van der Waals surface area (Å²) in [6.45, 7) is 1.04. The lowest BCUT2D eigenvalue weighted by atomic mass is 10.2. The molecule has 0 N–H and O–H groups in total. The molecule has 2 heterocycles. The second-order valence-electron chi connectivity index (χ2n) is 3.43. The number of fused-ring (bicyclic) bond motifs is 3. The molecule has 0 radical (unpaired) electrons. The molecule has 15 heavy (non-hydrogen) atoms. The van der Waals surface area contributed by atoms with E-state index in [4.69, 9.17) is 5.53 Å². The van der Waals surface area contributed by atoms with Crippen LogP contribution in [0.2, 0.25) is 0 Å². The molecular weight excluding hydrogens is 208 g/mol. The molecule has 0 saturated carbocycles. The van der Waals surface area contributed by atoms with Crippen molar-refractivity contribution in [3.8, 4) is 0 Å². The Hall–Kier alpha value is -1.58. The van der Waals surface area contributed by atoms with E-state index in [1.807, 2.05) is 18.2 Å². The minimum Gasteiger partial charge on any atom is -0.335 e. The number of nitrogens with zero attached hydrogens (tertiary/aromatic N) is 4. The lowest BCUT2D eigenvalue weighted by molar-refractivity contribution is 0.990. The molecule has 0 aliphatic carbocycles. The Morgan fingerprint density at radius 2 is 2.40 bits per heavy atom. The molecule has 5 heteroatoms. The van der Waals surface area contributed by atoms with Crippen molar-refractivity contribution in [1.82, 2.24) is 0 Å². The third kappa shape index (κ3) is 1.28. The fourth-order valence-electron chi connectivity index (χ4n) is 1.90. The highest BCUT2D eigenvalue weighted by Gasteiger charge is 2.27. The summed E-state index contributed by atoms with van der Waals surface area (Å²) in [5.74, 6) is 0. The quantitative estimate of drug-likeness (QED) is 0.407. The molecule has 2 aliphatic heterocycles. The summed E-state index contributed by atoms with van der Waals surface area (Å²) in [6.07, 6.45) is 3.35. The van der Waals surface area contributed by atoms with Gasteiger partial charge in [-0.2, -0.15) is 0 Å². The maximum absolute atomic E-state index is 8.38. The molecule has 0 aromatic heterocycles. The Balaban J connectivity index is 2.10. The summed E-state index contributed by atoms with van der Waals surface area (Å²) in [7, 11) is 0. The smallest absolute Gasteiger partial charge is 0.0761 e. The monoisotopic (exact) mass is 216 g/mol. The van der Waals surface area contributed by atoms with Crippen LogP contribution in [-0.4, -0.2) is 6.54 Å². The zero-order valence-electron chi connectivity index (χ0n) is 7.92. The third-order valence-corrected chi connectivity index (χ3v) is 3.71. The van der Waals surface area contributed by atoms with E-state index in [0.29, 0.717) is 5.69 Å². The zero-order valence-corrected chi connectivity index (χ0v) is 8.74. The first-order valence-electron chi connectivity index (χ1n) is 4.73. The minimum absolute atomic E-state index is 0.685. The number of anilines is 1. The van der Waals surface area contributed by atoms with Crippen molar-refractivity contribution in [2.75, 3.05) is 11.4 Å². The van der Waals surface area contributed by atoms with Crippen LogP contribution < -0.4 is 4.90 Å². The summed E-state index contributed by atoms with van der Waals surface area (Å²) < 4.78 is 0. The number of rotatable bonds is 1. The first-order chi connectivity index (χ1) is 7.38. The fraction of sp³-hybridized carbons (Fsp3) is 0.200. The maximum atomic E-state index is 8.38. The van der Waals surface area contributed by atoms with Crippen molar-refractivity contribution >= 4 is 23.1 Å². The van der Waals surface area contributed by atoms with Crippen LogP contribution in [0.25, 0.3) is 10.4 Å². The van der Waals surface area contributed by atoms with Crippen molar-refractivity contribution in [2.24, 2.45) is 5.11 Å². The Bertz CT molecular complexity index is 502. The van der Waals surface area contributed by atoms with E-state index in [9.17, 15) is 0 Å². The van der Waals surface area contributed by atoms with Gasteiger partial charge in [0, 0.05) is 22.0 Å². The van der Waals surface area contributed by atoms with Gasteiger partial charge in [-0.15, -0.1) is 0 Å². The number of hydrogen-bond acceptors (Lipinski definition) is 3. The average Bonchev–Trinajstić information content (AvgIpc) is 2.78. The number of hydrogen-bond donors (Lipinski definition) is 0. The average molecular weight is 216 g/mol. The van der Waals surface area contributed by atoms with Gasteiger partial charge in [-0.1, -0.05) is 29.0 Å². The van der Waals surface area contributed by atoms with E-state index in [-0.39, 0.29) is 0 Å². The molecule has 0 unspecified atom stereocenters. The molecule has 1 aromatic carbocycles. The van der Waals surface area contributed by atoms with Crippen LogP contribution in [0.5, 0.6) is 0 Å². The van der Waals surface area contributed by atoms with Crippen molar-refractivity contribution in [3.63, 3.8) is 0 Å². The number of azide groups is 1. The predicted molar refractivity (Wildman–Crippen MR) is 61.2 cm³/mol. The van der Waals surface area contributed by atoms with Gasteiger partial charge in [0.05, 0.1) is 10.7 Å². The minimum atomic E-state index is 0.685. The number of thioether (sulfide) groups is 1. The Morgan fingerprint density at radius 1 is 1.47 bits per heavy atom. The summed E-state index contributed by atoms with van der Waals surface area (Å²) in [6, 6.07) is 5.83. The van der Waals surface area contributed by atoms with E-state index in [2.05, 4.69) is 21.0 Å². The standard InChI is InChI=1S/C10H8N4S/c11-13-12-7-3-4-9-8(6-7)14-5-1-2-10(14)15-9/h2-4,6H,1,5H2. The first-order valence-corrected chi connectivity index (χ1v) is 5.55. The van der Waals surface area contributed by atoms with Gasteiger partial charge in [0.15, 0.2) is 0 Å². The topological polar surface area (TPSA) is 52.0 Å². The molecule has 0 saturated heterocycles. The summed E-state index contributed by atoms with van der Waals surface area (Å²) >= 11 is 1.79. The molecule has 0 fully saturated rings. The Morgan fingerprint density at radius 3 is 3.27 bits per heavy atom. The predicted octanol–water partition coefficient (Wildman–Crippen LogP) is 3.79. The normalized spacial score (nSPS) is 16.8. The van der Waals surface area contributed by atoms with Crippen LogP contribution in [0.1, 0.15) is 6.42 Å². The zero-order chi connectivity index (χ0) is 10.3. The summed E-state index contributed by atoms with van der Waals surface area (Å²) in [4.78, 5) is 6.32. The molecule has 0 atom stereocenters. The molecule has 3 rings (SSSR count). The lowest BCUT2D eigenvalue weighted by Crippen LogP contribution is -2.12. The van der Waals surface area contributed by atoms with Gasteiger partial charge in [-0.05, 0) is 24.1 Å². The second-order valence-corrected chi connectivity index (χ2v) is 4.49. The highest BCUT2D eigenvalue weighted by atomic mass is 32.2. The van der Waals surface area contributed by atoms with Gasteiger partial charge in [0.2, 0.25) is 0 Å². The van der Waals surface area contributed by atoms with Gasteiger partial charge < -0.3 is 4.90 Å². The van der Waals surface area contributed by atoms with Crippen molar-refractivity contribution < 1.29 is 0 Å². The van der Waals surface area contributed by atoms with E-state index < -0.39 is 0 Å². The fourth-order valence-corrected chi connectivity index (χ4v) is 3.04. The van der Waals surface area contributed by atoms with Crippen LogP contribution in [0, 0.1) is 0 Å². The Kier molecular flexibility index (Phi) is 1.87. The molecular formula is C10H8N4S. The molecule has 2 aliphatic rings. The SMILES string of the molecule is [N-]=[N+]=Nc1ccc2c(c1)N1CCC=C1S2. The van der Waals surface area contributed by atoms with Gasteiger partial charge in [0.1, 0.15) is 0 Å². The largest absolute Gasteiger partial charge is 0.335 e. The van der Waals surface area contributed by atoms with Crippen LogP contribution in [0.15, 0.2) is 39.3 Å². The molecule has 74 valence electrons. The lowest BCUT2D eigenvalue weighted by Gasteiger charge is -2.13. The summed E-state index contributed by atoms with van der Waals surface area (Å²) in [5, 5.41) is 4.93. The molecule has 0 spiro atoms. The first kappa shape index (κ1) is 8.71. The van der Waals surface area contributed by atoms with E-state index in [1.54, 1.807) is 11.8 Å². The van der Waals surface area contributed by atoms with Crippen molar-refractivity contribution in [2.45, 2.75) is 11.3 Å². The van der Waals surface area contributed by atoms with Gasteiger partial charge in [0.25, 0.3) is 0 Å². The molecule has 0 bridgehead atoms. The van der Waals surface area contributed by atoms with Gasteiger partial charge >= 0.3 is 0 Å². The molecule has 0 amide bonds. The van der Waals surface area contributed by atoms with E-state index in [1.165, 1.54) is 15.6 Å². The van der Waals surface area contributed by atoms with Crippen LogP contribution in [-0.2, 0) is 0 Å². The van der Waals surface area contributed by atoms with Gasteiger partial charge in [-0.25, -0.2) is 0 Å². The second kappa shape index (κ2) is 3.22. The van der Waals surface area contributed by atoms with E-state index >= 15 is 0 Å². The molecule has 4 nitrogen and oxygen atoms in total. The van der Waals surface area contributed by atoms with Crippen LogP contribution in [0.4, 0.5) is 11.4 Å². The number of benzene rings is 1. The third-order valence-electron chi connectivity index (χ3n) is 2.55. The van der Waals surface area contributed by atoms with Crippen molar-refractivity contribution in [3.05, 3.63) is 39.7 Å². The van der Waals surface area contributed by atoms with Crippen LogP contribution in [0.3, 0.4) is 0 Å². The van der Waals surface area contributed by atoms with Crippen LogP contribution >= 0.6 is 11.8 Å². The highest BCUT2D eigenvalue weighted by Crippen LogP contribution is 2.49. The van der Waals surface area contributed by atoms with Crippen molar-refractivity contribution in [1.29, 1.82) is 0 Å². The Labute approximate surface area is 91.2 Å². The molecule has 1 aromatic rings. The summed E-state index contributed by atoms with van der Waals surface area (Å²) in [5.41, 5.74) is 10.2. The maximum Gasteiger partial charge on any atom is 0.0761 e. The highest BCUT2D eigenvalue weighted by molar-refractivity contribution is 8.03.